The molecule has 0 aromatic heterocycles. The molecule has 0 rings (SSSR count). The van der Waals surface area contributed by atoms with Gasteiger partial charge in [0.1, 0.15) is 6.04 Å². The second-order valence-corrected chi connectivity index (χ2v) is 1.29. The molecule has 0 aliphatic carbocycles. The molecule has 5 heavy (non-hydrogen) atoms. The van der Waals surface area contributed by atoms with Gasteiger partial charge in [0, 0.05) is 0 Å². The molecule has 0 saturated heterocycles. The van der Waals surface area contributed by atoms with Crippen molar-refractivity contribution in [2.45, 2.75) is 13.0 Å². The Morgan fingerprint density at radius 2 is 2.20 bits per heavy atom. The molecule has 0 aliphatic heterocycles. The molecule has 2 nitrogen and oxygen atoms in total. The third-order valence-electron chi connectivity index (χ3n) is 0.312. The van der Waals surface area contributed by atoms with E-state index in [1.165, 1.54) is 0 Å². The van der Waals surface area contributed by atoms with Crippen molar-refractivity contribution in [3.8, 4) is 0 Å². The van der Waals surface area contributed by atoms with Crippen molar-refractivity contribution < 1.29 is 10.8 Å². The highest BCUT2D eigenvalue weighted by molar-refractivity contribution is 4.31. The molecule has 0 amide bonds. The average Bonchev–Trinajstić information content (AvgIpc) is 1.38. The lowest BCUT2D eigenvalue weighted by molar-refractivity contribution is -0.419. The summed E-state index contributed by atoms with van der Waals surface area (Å²) in [7, 11) is 0. The molecular formula is C3H10NO+. The molecule has 0 radical (unpaired) electrons. The molecule has 0 aromatic carbocycles. The van der Waals surface area contributed by atoms with Crippen LogP contribution in [0.15, 0.2) is 0 Å². The summed E-state index contributed by atoms with van der Waals surface area (Å²) < 4.78 is 0. The molecule has 2 heteroatoms. The van der Waals surface area contributed by atoms with Crippen molar-refractivity contribution in [1.82, 2.24) is 0 Å². The molecule has 1 atom stereocenters. The first kappa shape index (κ1) is 4.92. The van der Waals surface area contributed by atoms with Crippen LogP contribution in [0.25, 0.3) is 0 Å². The van der Waals surface area contributed by atoms with Gasteiger partial charge in [-0.3, -0.25) is 0 Å². The minimum atomic E-state index is 0.190. The molecule has 0 saturated carbocycles. The van der Waals surface area contributed by atoms with Crippen molar-refractivity contribution >= 4 is 0 Å². The number of aliphatic hydroxyl groups is 1. The van der Waals surface area contributed by atoms with E-state index in [1.54, 1.807) is 0 Å². The summed E-state index contributed by atoms with van der Waals surface area (Å²) in [5.74, 6) is 0. The number of hydrogen-bond donors (Lipinski definition) is 2. The third kappa shape index (κ3) is 3.92. The van der Waals surface area contributed by atoms with Crippen LogP contribution in [-0.2, 0) is 0 Å². The van der Waals surface area contributed by atoms with Crippen LogP contribution in [0.4, 0.5) is 0 Å². The Morgan fingerprint density at radius 1 is 2.00 bits per heavy atom. The molecule has 0 unspecified atom stereocenters. The monoisotopic (exact) mass is 76.1 g/mol. The van der Waals surface area contributed by atoms with Crippen molar-refractivity contribution in [1.29, 1.82) is 0 Å². The average molecular weight is 76.1 g/mol. The van der Waals surface area contributed by atoms with E-state index in [-0.39, 0.29) is 12.6 Å². The molecule has 0 aromatic rings. The van der Waals surface area contributed by atoms with Crippen LogP contribution in [0.1, 0.15) is 6.92 Å². The fourth-order valence-corrected chi connectivity index (χ4v) is 0. The van der Waals surface area contributed by atoms with E-state index < -0.39 is 0 Å². The summed E-state index contributed by atoms with van der Waals surface area (Å²) in [6, 6.07) is 0.190. The summed E-state index contributed by atoms with van der Waals surface area (Å²) in [4.78, 5) is 0. The zero-order chi connectivity index (χ0) is 4.28. The van der Waals surface area contributed by atoms with Crippen molar-refractivity contribution in [2.24, 2.45) is 0 Å². The van der Waals surface area contributed by atoms with Gasteiger partial charge in [0.15, 0.2) is 0 Å². The van der Waals surface area contributed by atoms with Gasteiger partial charge in [-0.25, -0.2) is 0 Å². The number of aliphatic hydroxyl groups excluding tert-OH is 1. The summed E-state index contributed by atoms with van der Waals surface area (Å²) in [5, 5.41) is 8.08. The van der Waals surface area contributed by atoms with Gasteiger partial charge in [-0.15, -0.1) is 0 Å². The van der Waals surface area contributed by atoms with Gasteiger partial charge in [-0.1, -0.05) is 0 Å². The van der Waals surface area contributed by atoms with Crippen molar-refractivity contribution in [3.05, 3.63) is 0 Å². The number of rotatable bonds is 1. The van der Waals surface area contributed by atoms with E-state index >= 15 is 0 Å². The van der Waals surface area contributed by atoms with Gasteiger partial charge >= 0.3 is 0 Å². The smallest absolute Gasteiger partial charge is 0.105 e. The lowest BCUT2D eigenvalue weighted by Crippen LogP contribution is -2.60. The summed E-state index contributed by atoms with van der Waals surface area (Å²) in [6.07, 6.45) is 0. The van der Waals surface area contributed by atoms with Crippen LogP contribution >= 0.6 is 0 Å². The van der Waals surface area contributed by atoms with Gasteiger partial charge in [0.25, 0.3) is 0 Å². The Labute approximate surface area is 31.6 Å². The molecule has 4 N–H and O–H groups in total. The zero-order valence-electron chi connectivity index (χ0n) is 3.44. The van der Waals surface area contributed by atoms with E-state index in [4.69, 9.17) is 5.11 Å². The summed E-state index contributed by atoms with van der Waals surface area (Å²) >= 11 is 0. The first-order chi connectivity index (χ1) is 2.27. The van der Waals surface area contributed by atoms with E-state index in [0.29, 0.717) is 0 Å². The molecule has 0 fully saturated rings. The van der Waals surface area contributed by atoms with E-state index in [2.05, 4.69) is 5.73 Å². The molecule has 0 heterocycles. The maximum absolute atomic E-state index is 8.08. The molecular weight excluding hydrogens is 66.0 g/mol. The van der Waals surface area contributed by atoms with Gasteiger partial charge in [-0.2, -0.15) is 0 Å². The van der Waals surface area contributed by atoms with Gasteiger partial charge in [0.05, 0.1) is 6.61 Å². The van der Waals surface area contributed by atoms with Crippen LogP contribution in [-0.4, -0.2) is 17.8 Å². The van der Waals surface area contributed by atoms with E-state index in [0.717, 1.165) is 0 Å². The quantitative estimate of drug-likeness (QED) is 0.397. The van der Waals surface area contributed by atoms with Crippen LogP contribution in [0.5, 0.6) is 0 Å². The summed E-state index contributed by atoms with van der Waals surface area (Å²) in [6.45, 7) is 2.06. The van der Waals surface area contributed by atoms with Crippen molar-refractivity contribution in [2.75, 3.05) is 6.61 Å². The topological polar surface area (TPSA) is 47.9 Å². The Bertz CT molecular complexity index is 20.9. The first-order valence-corrected chi connectivity index (χ1v) is 1.71. The lowest BCUT2D eigenvalue weighted by Gasteiger charge is -1.87. The first-order valence-electron chi connectivity index (χ1n) is 1.71. The Hall–Kier alpha value is -0.0800. The fourth-order valence-electron chi connectivity index (χ4n) is 0. The second kappa shape index (κ2) is 2.18. The minimum Gasteiger partial charge on any atom is -0.390 e. The SMILES string of the molecule is C[C@@H]([NH3+])CO. The second-order valence-electron chi connectivity index (χ2n) is 1.29. The normalized spacial score (nSPS) is 15.0. The Morgan fingerprint density at radius 3 is 2.20 bits per heavy atom. The van der Waals surface area contributed by atoms with Gasteiger partial charge in [-0.05, 0) is 6.92 Å². The standard InChI is InChI=1S/C3H9NO/c1-3(4)2-5/h3,5H,2,4H2,1H3/p+1/t3-/m1/s1. The van der Waals surface area contributed by atoms with Crippen molar-refractivity contribution in [3.63, 3.8) is 0 Å². The fraction of sp³-hybridized carbons (Fsp3) is 1.00. The number of hydrogen-bond acceptors (Lipinski definition) is 1. The third-order valence-corrected chi connectivity index (χ3v) is 0.312. The molecule has 0 bridgehead atoms. The number of quaternary nitrogens is 1. The van der Waals surface area contributed by atoms with Crippen LogP contribution in [0, 0.1) is 0 Å². The highest BCUT2D eigenvalue weighted by atomic mass is 16.3. The lowest BCUT2D eigenvalue weighted by atomic mass is 10.4. The Balaban J connectivity index is 2.54. The molecule has 0 spiro atoms. The zero-order valence-corrected chi connectivity index (χ0v) is 3.44. The predicted molar refractivity (Wildman–Crippen MR) is 19.4 cm³/mol. The molecule has 0 aliphatic rings. The van der Waals surface area contributed by atoms with E-state index in [1.807, 2.05) is 6.92 Å². The Kier molecular flexibility index (Phi) is 2.14. The predicted octanol–water partition coefficient (Wildman–Crippen LogP) is -1.39. The van der Waals surface area contributed by atoms with Crippen LogP contribution < -0.4 is 5.73 Å². The largest absolute Gasteiger partial charge is 0.390 e. The van der Waals surface area contributed by atoms with Crippen LogP contribution in [0.3, 0.4) is 0 Å². The highest BCUT2D eigenvalue weighted by Crippen LogP contribution is 1.58. The summed E-state index contributed by atoms with van der Waals surface area (Å²) in [5.41, 5.74) is 3.51. The molecule has 32 valence electrons. The maximum atomic E-state index is 8.08. The van der Waals surface area contributed by atoms with E-state index in [9.17, 15) is 0 Å². The van der Waals surface area contributed by atoms with Gasteiger partial charge < -0.3 is 10.8 Å². The van der Waals surface area contributed by atoms with Gasteiger partial charge in [0.2, 0.25) is 0 Å². The van der Waals surface area contributed by atoms with Crippen LogP contribution in [0.2, 0.25) is 0 Å². The highest BCUT2D eigenvalue weighted by Gasteiger charge is 1.86. The minimum absolute atomic E-state index is 0.190. The maximum Gasteiger partial charge on any atom is 0.105 e.